The summed E-state index contributed by atoms with van der Waals surface area (Å²) >= 11 is 0. The van der Waals surface area contributed by atoms with Gasteiger partial charge in [-0.15, -0.1) is 0 Å². The molecule has 0 unspecified atom stereocenters. The number of hydrogen-bond acceptors (Lipinski definition) is 1. The zero-order valence-electron chi connectivity index (χ0n) is 14.9. The first-order valence-electron chi connectivity index (χ1n) is 8.78. The van der Waals surface area contributed by atoms with Gasteiger partial charge in [-0.1, -0.05) is 38.8 Å². The van der Waals surface area contributed by atoms with Crippen LogP contribution in [0.2, 0.25) is 0 Å². The van der Waals surface area contributed by atoms with Crippen molar-refractivity contribution in [2.75, 3.05) is 0 Å². The highest BCUT2D eigenvalue weighted by molar-refractivity contribution is 5.66. The Morgan fingerprint density at radius 2 is 1.46 bits per heavy atom. The van der Waals surface area contributed by atoms with E-state index >= 15 is 0 Å². The van der Waals surface area contributed by atoms with Gasteiger partial charge in [0, 0.05) is 11.1 Å². The van der Waals surface area contributed by atoms with Crippen molar-refractivity contribution in [2.24, 2.45) is 0 Å². The van der Waals surface area contributed by atoms with Crippen LogP contribution in [0.5, 0.6) is 5.75 Å². The number of rotatable bonds is 8. The van der Waals surface area contributed by atoms with Crippen LogP contribution < -0.4 is 4.74 Å². The Morgan fingerprint density at radius 3 is 2.12 bits per heavy atom. The monoisotopic (exact) mass is 366 g/mol. The lowest BCUT2D eigenvalue weighted by molar-refractivity contribution is 0.414. The minimum atomic E-state index is -1.27. The average molecular weight is 366 g/mol. The Kier molecular flexibility index (Phi) is 7.25. The first-order valence-corrected chi connectivity index (χ1v) is 8.78. The summed E-state index contributed by atoms with van der Waals surface area (Å²) in [6.07, 6.45) is 6.79. The van der Waals surface area contributed by atoms with Gasteiger partial charge in [-0.25, -0.2) is 13.2 Å². The molecule has 0 aliphatic rings. The van der Waals surface area contributed by atoms with Crippen LogP contribution in [0, 0.1) is 23.3 Å². The zero-order chi connectivity index (χ0) is 19.1. The van der Waals surface area contributed by atoms with Gasteiger partial charge in [-0.2, -0.15) is 4.39 Å². The Bertz CT molecular complexity index is 784. The summed E-state index contributed by atoms with van der Waals surface area (Å²) in [5.41, 5.74) is -0.445. The number of aryl methyl sites for hydroxylation is 1. The number of allylic oxidation sites excluding steroid dienone is 1. The molecule has 140 valence electrons. The van der Waals surface area contributed by atoms with Crippen molar-refractivity contribution >= 4 is 0 Å². The van der Waals surface area contributed by atoms with Crippen molar-refractivity contribution in [3.63, 3.8) is 0 Å². The fourth-order valence-corrected chi connectivity index (χ4v) is 2.60. The molecule has 0 aromatic heterocycles. The summed E-state index contributed by atoms with van der Waals surface area (Å²) in [6.45, 7) is 3.88. The number of benzene rings is 2. The smallest absolute Gasteiger partial charge is 0.201 e. The van der Waals surface area contributed by atoms with Gasteiger partial charge < -0.3 is 4.74 Å². The third kappa shape index (κ3) is 4.45. The maximum Gasteiger partial charge on any atom is 0.201 e. The molecule has 0 heterocycles. The second-order valence-electron chi connectivity index (χ2n) is 6.02. The highest BCUT2D eigenvalue weighted by Gasteiger charge is 2.20. The Balaban J connectivity index is 2.30. The molecule has 0 spiro atoms. The molecule has 2 rings (SSSR count). The standard InChI is InChI=1S/C21H22F4O/c1-3-5-6-7-13-26-17-12-11-16(20(24)21(17)25)15-10-9-14(8-4-2)18(22)19(15)23/h7,9-13H,3-6,8H2,1-2H3/b13-7+. The summed E-state index contributed by atoms with van der Waals surface area (Å²) in [5.74, 6) is -5.01. The summed E-state index contributed by atoms with van der Waals surface area (Å²) in [6, 6.07) is 5.06. The van der Waals surface area contributed by atoms with Crippen LogP contribution in [-0.2, 0) is 6.42 Å². The third-order valence-electron chi connectivity index (χ3n) is 4.03. The average Bonchev–Trinajstić information content (AvgIpc) is 2.63. The van der Waals surface area contributed by atoms with Crippen molar-refractivity contribution in [2.45, 2.75) is 46.0 Å². The summed E-state index contributed by atoms with van der Waals surface area (Å²) < 4.78 is 62.1. The van der Waals surface area contributed by atoms with Gasteiger partial charge in [0.25, 0.3) is 0 Å². The molecule has 26 heavy (non-hydrogen) atoms. The van der Waals surface area contributed by atoms with E-state index in [1.54, 1.807) is 6.08 Å². The molecule has 2 aromatic rings. The number of halogens is 4. The van der Waals surface area contributed by atoms with E-state index in [-0.39, 0.29) is 22.4 Å². The van der Waals surface area contributed by atoms with Crippen molar-refractivity contribution in [1.29, 1.82) is 0 Å². The predicted octanol–water partition coefficient (Wildman–Crippen LogP) is 6.95. The molecular formula is C21H22F4O. The number of hydrogen-bond donors (Lipinski definition) is 0. The van der Waals surface area contributed by atoms with Gasteiger partial charge in [0.15, 0.2) is 23.2 Å². The first-order chi connectivity index (χ1) is 12.5. The molecule has 0 amide bonds. The highest BCUT2D eigenvalue weighted by atomic mass is 19.2. The van der Waals surface area contributed by atoms with E-state index in [1.807, 2.05) is 13.8 Å². The summed E-state index contributed by atoms with van der Waals surface area (Å²) in [4.78, 5) is 0. The molecule has 0 N–H and O–H groups in total. The molecule has 0 atom stereocenters. The number of unbranched alkanes of at least 4 members (excludes halogenated alkanes) is 2. The normalized spacial score (nSPS) is 11.3. The molecule has 0 radical (unpaired) electrons. The maximum atomic E-state index is 14.4. The number of ether oxygens (including phenoxy) is 1. The van der Waals surface area contributed by atoms with Crippen LogP contribution in [0.3, 0.4) is 0 Å². The maximum absolute atomic E-state index is 14.4. The van der Waals surface area contributed by atoms with Crippen LogP contribution in [-0.4, -0.2) is 0 Å². The minimum absolute atomic E-state index is 0.215. The fourth-order valence-electron chi connectivity index (χ4n) is 2.60. The fraction of sp³-hybridized carbons (Fsp3) is 0.333. The van der Waals surface area contributed by atoms with Gasteiger partial charge in [0.2, 0.25) is 5.82 Å². The third-order valence-corrected chi connectivity index (χ3v) is 4.03. The van der Waals surface area contributed by atoms with Crippen molar-refractivity contribution in [3.8, 4) is 16.9 Å². The van der Waals surface area contributed by atoms with Crippen LogP contribution in [0.1, 0.15) is 45.1 Å². The van der Waals surface area contributed by atoms with E-state index in [0.29, 0.717) is 12.8 Å². The van der Waals surface area contributed by atoms with Crippen LogP contribution in [0.25, 0.3) is 11.1 Å². The quantitative estimate of drug-likeness (QED) is 0.279. The molecule has 0 aliphatic heterocycles. The molecule has 0 saturated carbocycles. The lowest BCUT2D eigenvalue weighted by Crippen LogP contribution is -2.00. The van der Waals surface area contributed by atoms with Crippen molar-refractivity contribution in [1.82, 2.24) is 0 Å². The van der Waals surface area contributed by atoms with Gasteiger partial charge >= 0.3 is 0 Å². The predicted molar refractivity (Wildman–Crippen MR) is 95.0 cm³/mol. The molecule has 0 fully saturated rings. The van der Waals surface area contributed by atoms with Crippen LogP contribution >= 0.6 is 0 Å². The lowest BCUT2D eigenvalue weighted by atomic mass is 10.00. The molecule has 0 aliphatic carbocycles. The van der Waals surface area contributed by atoms with Gasteiger partial charge in [-0.05, 0) is 43.0 Å². The molecule has 5 heteroatoms. The topological polar surface area (TPSA) is 9.23 Å². The Labute approximate surface area is 151 Å². The van der Waals surface area contributed by atoms with Crippen LogP contribution in [0.15, 0.2) is 36.6 Å². The summed E-state index contributed by atoms with van der Waals surface area (Å²) in [5, 5.41) is 0. The van der Waals surface area contributed by atoms with Gasteiger partial charge in [0.05, 0.1) is 6.26 Å². The molecular weight excluding hydrogens is 344 g/mol. The van der Waals surface area contributed by atoms with E-state index < -0.39 is 23.3 Å². The lowest BCUT2D eigenvalue weighted by Gasteiger charge is -2.11. The summed E-state index contributed by atoms with van der Waals surface area (Å²) in [7, 11) is 0. The van der Waals surface area contributed by atoms with E-state index in [0.717, 1.165) is 19.3 Å². The molecule has 0 bridgehead atoms. The Hall–Kier alpha value is -2.30. The Morgan fingerprint density at radius 1 is 0.808 bits per heavy atom. The van der Waals surface area contributed by atoms with E-state index in [9.17, 15) is 17.6 Å². The minimum Gasteiger partial charge on any atom is -0.462 e. The second-order valence-corrected chi connectivity index (χ2v) is 6.02. The van der Waals surface area contributed by atoms with E-state index in [2.05, 4.69) is 0 Å². The van der Waals surface area contributed by atoms with E-state index in [1.165, 1.54) is 30.5 Å². The SMILES string of the molecule is CCCC/C=C/Oc1ccc(-c2ccc(CCC)c(F)c2F)c(F)c1F. The largest absolute Gasteiger partial charge is 0.462 e. The van der Waals surface area contributed by atoms with Crippen LogP contribution in [0.4, 0.5) is 17.6 Å². The van der Waals surface area contributed by atoms with E-state index in [4.69, 9.17) is 4.74 Å². The molecule has 2 aromatic carbocycles. The van der Waals surface area contributed by atoms with Crippen molar-refractivity contribution in [3.05, 3.63) is 65.4 Å². The van der Waals surface area contributed by atoms with Crippen molar-refractivity contribution < 1.29 is 22.3 Å². The zero-order valence-corrected chi connectivity index (χ0v) is 14.9. The second kappa shape index (κ2) is 9.41. The molecule has 0 saturated heterocycles. The first kappa shape index (κ1) is 20.0. The van der Waals surface area contributed by atoms with Gasteiger partial charge in [0.1, 0.15) is 0 Å². The highest BCUT2D eigenvalue weighted by Crippen LogP contribution is 2.33. The van der Waals surface area contributed by atoms with Gasteiger partial charge in [-0.3, -0.25) is 0 Å². The molecule has 1 nitrogen and oxygen atoms in total.